The number of carboxylic acid groups (broad SMARTS) is 1. The van der Waals surface area contributed by atoms with E-state index in [-0.39, 0.29) is 11.1 Å². The molecule has 0 aliphatic carbocycles. The molecule has 1 aromatic rings. The van der Waals surface area contributed by atoms with E-state index in [1.54, 1.807) is 0 Å². The van der Waals surface area contributed by atoms with Gasteiger partial charge >= 0.3 is 11.7 Å². The monoisotopic (exact) mass is 273 g/mol. The zero-order valence-electron chi connectivity index (χ0n) is 9.91. The van der Waals surface area contributed by atoms with E-state index in [1.807, 2.05) is 0 Å². The average Bonchev–Trinajstić information content (AvgIpc) is 2.29. The Bertz CT molecular complexity index is 518. The number of carboxylic acids is 1. The number of aliphatic carboxylic acids is 1. The van der Waals surface area contributed by atoms with Crippen LogP contribution in [0.15, 0.2) is 12.1 Å². The molecule has 0 fully saturated rings. The maximum Gasteiger partial charge on any atom is 0.306 e. The predicted octanol–water partition coefficient (Wildman–Crippen LogP) is 0.911. The van der Waals surface area contributed by atoms with Crippen molar-refractivity contribution in [2.24, 2.45) is 0 Å². The van der Waals surface area contributed by atoms with Gasteiger partial charge in [-0.15, -0.1) is 0 Å². The summed E-state index contributed by atoms with van der Waals surface area (Å²) in [6.45, 7) is 1.39. The number of hydrogen-bond donors (Lipinski definition) is 3. The molecular weight excluding hydrogens is 261 g/mol. The molecule has 0 aromatic heterocycles. The molecule has 19 heavy (non-hydrogen) atoms. The molecule has 1 rings (SSSR count). The summed E-state index contributed by atoms with van der Waals surface area (Å²) in [7, 11) is 0. The fraction of sp³-hybridized carbons (Fsp3) is 0.364. The van der Waals surface area contributed by atoms with Crippen LogP contribution in [-0.2, 0) is 4.79 Å². The smallest absolute Gasteiger partial charge is 0.306 e. The summed E-state index contributed by atoms with van der Waals surface area (Å²) in [4.78, 5) is 20.0. The van der Waals surface area contributed by atoms with E-state index in [2.05, 4.69) is 0 Å². The van der Waals surface area contributed by atoms with Gasteiger partial charge in [-0.3, -0.25) is 14.9 Å². The third-order valence-corrected chi connectivity index (χ3v) is 2.60. The van der Waals surface area contributed by atoms with Gasteiger partial charge in [0.25, 0.3) is 0 Å². The number of rotatable bonds is 5. The molecule has 1 aromatic carbocycles. The van der Waals surface area contributed by atoms with E-state index in [4.69, 9.17) is 5.11 Å². The predicted molar refractivity (Wildman–Crippen MR) is 61.0 cm³/mol. The largest absolute Gasteiger partial charge is 0.481 e. The maximum absolute atomic E-state index is 13.4. The van der Waals surface area contributed by atoms with Crippen molar-refractivity contribution in [1.29, 1.82) is 0 Å². The summed E-state index contributed by atoms with van der Waals surface area (Å²) in [6.07, 6.45) is -3.98. The SMILES string of the molecule is Cc1cc([N+](=O)[O-])c(F)cc1C(O)C(O)CC(=O)O. The first-order valence-corrected chi connectivity index (χ1v) is 5.26. The van der Waals surface area contributed by atoms with E-state index in [1.165, 1.54) is 6.92 Å². The third kappa shape index (κ3) is 3.46. The fourth-order valence-electron chi connectivity index (χ4n) is 1.64. The van der Waals surface area contributed by atoms with Gasteiger partial charge in [0.1, 0.15) is 6.10 Å². The van der Waals surface area contributed by atoms with Crippen LogP contribution in [-0.4, -0.2) is 32.3 Å². The van der Waals surface area contributed by atoms with E-state index >= 15 is 0 Å². The Morgan fingerprint density at radius 1 is 1.47 bits per heavy atom. The molecule has 7 nitrogen and oxygen atoms in total. The van der Waals surface area contributed by atoms with Gasteiger partial charge in [0.15, 0.2) is 0 Å². The standard InChI is InChI=1S/C11H12FNO6/c1-5-2-8(13(18)19)7(12)3-6(5)11(17)9(14)4-10(15)16/h2-3,9,11,14,17H,4H2,1H3,(H,15,16). The highest BCUT2D eigenvalue weighted by Crippen LogP contribution is 2.28. The van der Waals surface area contributed by atoms with Crippen LogP contribution in [0.3, 0.4) is 0 Å². The van der Waals surface area contributed by atoms with Crippen molar-refractivity contribution >= 4 is 11.7 Å². The summed E-state index contributed by atoms with van der Waals surface area (Å²) < 4.78 is 13.4. The number of carbonyl (C=O) groups is 1. The topological polar surface area (TPSA) is 121 Å². The van der Waals surface area contributed by atoms with Crippen molar-refractivity contribution in [3.8, 4) is 0 Å². The number of nitrogens with zero attached hydrogens (tertiary/aromatic N) is 1. The van der Waals surface area contributed by atoms with Crippen LogP contribution >= 0.6 is 0 Å². The number of hydrogen-bond acceptors (Lipinski definition) is 5. The summed E-state index contributed by atoms with van der Waals surface area (Å²) in [5.41, 5.74) is -0.650. The number of aliphatic hydroxyl groups is 2. The lowest BCUT2D eigenvalue weighted by Crippen LogP contribution is -2.22. The second kappa shape index (κ2) is 5.72. The number of aliphatic hydroxyl groups excluding tert-OH is 2. The third-order valence-electron chi connectivity index (χ3n) is 2.60. The molecule has 2 atom stereocenters. The van der Waals surface area contributed by atoms with Crippen LogP contribution in [0.5, 0.6) is 0 Å². The van der Waals surface area contributed by atoms with Gasteiger partial charge in [0.2, 0.25) is 5.82 Å². The average molecular weight is 273 g/mol. The molecule has 8 heteroatoms. The lowest BCUT2D eigenvalue weighted by Gasteiger charge is -2.18. The molecule has 0 amide bonds. The molecule has 0 heterocycles. The maximum atomic E-state index is 13.4. The first kappa shape index (κ1) is 15.0. The van der Waals surface area contributed by atoms with Crippen LogP contribution in [0, 0.1) is 22.9 Å². The minimum atomic E-state index is -1.63. The summed E-state index contributed by atoms with van der Waals surface area (Å²) in [6, 6.07) is 1.64. The molecule has 0 saturated heterocycles. The highest BCUT2D eigenvalue weighted by molar-refractivity contribution is 5.67. The number of nitro groups is 1. The molecule has 0 aliphatic rings. The number of benzene rings is 1. The van der Waals surface area contributed by atoms with Crippen LogP contribution in [0.25, 0.3) is 0 Å². The molecule has 0 aliphatic heterocycles. The van der Waals surface area contributed by atoms with Crippen molar-refractivity contribution in [2.45, 2.75) is 25.6 Å². The Kier molecular flexibility index (Phi) is 4.52. The molecular formula is C11H12FNO6. The lowest BCUT2D eigenvalue weighted by atomic mass is 9.97. The second-order valence-corrected chi connectivity index (χ2v) is 4.03. The minimum absolute atomic E-state index is 0.0862. The van der Waals surface area contributed by atoms with E-state index in [0.717, 1.165) is 12.1 Å². The van der Waals surface area contributed by atoms with Crippen molar-refractivity contribution < 1.29 is 29.4 Å². The molecule has 0 bridgehead atoms. The first-order chi connectivity index (χ1) is 8.73. The Morgan fingerprint density at radius 3 is 2.53 bits per heavy atom. The van der Waals surface area contributed by atoms with Gasteiger partial charge in [-0.25, -0.2) is 0 Å². The molecule has 0 radical (unpaired) electrons. The minimum Gasteiger partial charge on any atom is -0.481 e. The van der Waals surface area contributed by atoms with Gasteiger partial charge in [-0.1, -0.05) is 0 Å². The van der Waals surface area contributed by atoms with E-state index in [9.17, 15) is 29.5 Å². The summed E-state index contributed by atoms with van der Waals surface area (Å²) in [5.74, 6) is -2.49. The highest BCUT2D eigenvalue weighted by atomic mass is 19.1. The van der Waals surface area contributed by atoms with Crippen LogP contribution in [0.2, 0.25) is 0 Å². The van der Waals surface area contributed by atoms with Gasteiger partial charge < -0.3 is 15.3 Å². The number of aryl methyl sites for hydroxylation is 1. The Labute approximate surface area is 107 Å². The molecule has 3 N–H and O–H groups in total. The van der Waals surface area contributed by atoms with Gasteiger partial charge in [-0.2, -0.15) is 4.39 Å². The molecule has 0 saturated carbocycles. The number of nitro benzene ring substituents is 1. The van der Waals surface area contributed by atoms with Crippen molar-refractivity contribution in [1.82, 2.24) is 0 Å². The van der Waals surface area contributed by atoms with Crippen LogP contribution in [0.1, 0.15) is 23.7 Å². The quantitative estimate of drug-likeness (QED) is 0.541. The van der Waals surface area contributed by atoms with Crippen LogP contribution in [0.4, 0.5) is 10.1 Å². The normalized spacial score (nSPS) is 13.9. The summed E-state index contributed by atoms with van der Waals surface area (Å²) in [5, 5.41) is 38.2. The molecule has 104 valence electrons. The van der Waals surface area contributed by atoms with Gasteiger partial charge in [-0.05, 0) is 24.1 Å². The van der Waals surface area contributed by atoms with Crippen molar-refractivity contribution in [3.05, 3.63) is 39.2 Å². The van der Waals surface area contributed by atoms with Gasteiger partial charge in [0.05, 0.1) is 17.4 Å². The number of halogens is 1. The highest BCUT2D eigenvalue weighted by Gasteiger charge is 2.26. The Hall–Kier alpha value is -2.06. The Morgan fingerprint density at radius 2 is 2.05 bits per heavy atom. The molecule has 2 unspecified atom stereocenters. The van der Waals surface area contributed by atoms with Crippen molar-refractivity contribution in [3.63, 3.8) is 0 Å². The van der Waals surface area contributed by atoms with Gasteiger partial charge in [0, 0.05) is 6.07 Å². The van der Waals surface area contributed by atoms with E-state index in [0.29, 0.717) is 0 Å². The fourth-order valence-corrected chi connectivity index (χ4v) is 1.64. The summed E-state index contributed by atoms with van der Waals surface area (Å²) >= 11 is 0. The lowest BCUT2D eigenvalue weighted by molar-refractivity contribution is -0.387. The van der Waals surface area contributed by atoms with Crippen LogP contribution < -0.4 is 0 Å². The van der Waals surface area contributed by atoms with Crippen molar-refractivity contribution in [2.75, 3.05) is 0 Å². The molecule has 0 spiro atoms. The first-order valence-electron chi connectivity index (χ1n) is 5.26. The zero-order chi connectivity index (χ0) is 14.7. The zero-order valence-corrected chi connectivity index (χ0v) is 9.91. The Balaban J connectivity index is 3.11. The van der Waals surface area contributed by atoms with E-state index < -0.39 is 41.0 Å². The second-order valence-electron chi connectivity index (χ2n) is 4.03.